The Morgan fingerprint density at radius 1 is 1.10 bits per heavy atom. The lowest BCUT2D eigenvalue weighted by Crippen LogP contribution is -2.29. The number of H-pyrrole nitrogens is 1. The monoisotopic (exact) mass is 391 g/mol. The Kier molecular flexibility index (Phi) is 4.72. The van der Waals surface area contributed by atoms with Crippen molar-refractivity contribution in [2.75, 3.05) is 19.8 Å². The normalized spacial score (nSPS) is 20.5. The van der Waals surface area contributed by atoms with Gasteiger partial charge in [0.15, 0.2) is 11.5 Å². The molecule has 0 spiro atoms. The van der Waals surface area contributed by atoms with Gasteiger partial charge in [0.05, 0.1) is 30.2 Å². The fourth-order valence-corrected chi connectivity index (χ4v) is 4.46. The first-order valence-corrected chi connectivity index (χ1v) is 10.3. The summed E-state index contributed by atoms with van der Waals surface area (Å²) >= 11 is 0. The van der Waals surface area contributed by atoms with Crippen molar-refractivity contribution in [3.8, 4) is 11.5 Å². The number of nitrogens with zero attached hydrogens (tertiary/aromatic N) is 2. The average Bonchev–Trinajstić information content (AvgIpc) is 3.11. The van der Waals surface area contributed by atoms with E-state index in [2.05, 4.69) is 28.9 Å². The Hall–Kier alpha value is -2.86. The Morgan fingerprint density at radius 2 is 1.93 bits per heavy atom. The van der Waals surface area contributed by atoms with Gasteiger partial charge in [-0.2, -0.15) is 0 Å². The zero-order valence-corrected chi connectivity index (χ0v) is 16.6. The summed E-state index contributed by atoms with van der Waals surface area (Å²) in [4.78, 5) is 22.7. The summed E-state index contributed by atoms with van der Waals surface area (Å²) in [6, 6.07) is 14.0. The molecular formula is C23H25N3O3. The lowest BCUT2D eigenvalue weighted by atomic mass is 10.0. The Labute approximate surface area is 169 Å². The molecule has 1 saturated heterocycles. The predicted octanol–water partition coefficient (Wildman–Crippen LogP) is 3.98. The second-order valence-corrected chi connectivity index (χ2v) is 7.80. The van der Waals surface area contributed by atoms with E-state index in [0.29, 0.717) is 18.6 Å². The van der Waals surface area contributed by atoms with Crippen molar-refractivity contribution >= 4 is 10.9 Å². The fraction of sp³-hybridized carbons (Fsp3) is 0.391. The van der Waals surface area contributed by atoms with E-state index in [0.717, 1.165) is 48.6 Å². The van der Waals surface area contributed by atoms with Gasteiger partial charge in [0.1, 0.15) is 5.82 Å². The highest BCUT2D eigenvalue weighted by molar-refractivity contribution is 5.77. The number of rotatable bonds is 3. The van der Waals surface area contributed by atoms with Gasteiger partial charge < -0.3 is 14.5 Å². The van der Waals surface area contributed by atoms with Crippen LogP contribution >= 0.6 is 0 Å². The highest BCUT2D eigenvalue weighted by Crippen LogP contribution is 2.41. The van der Waals surface area contributed by atoms with Gasteiger partial charge in [-0.1, -0.05) is 18.2 Å². The van der Waals surface area contributed by atoms with Crippen molar-refractivity contribution in [2.45, 2.75) is 38.3 Å². The molecule has 0 bridgehead atoms. The van der Waals surface area contributed by atoms with Crippen LogP contribution in [0.15, 0.2) is 47.3 Å². The van der Waals surface area contributed by atoms with E-state index in [1.54, 1.807) is 0 Å². The van der Waals surface area contributed by atoms with Crippen LogP contribution in [0, 0.1) is 0 Å². The number of ether oxygens (including phenoxy) is 2. The number of para-hydroxylation sites is 1. The third-order valence-corrected chi connectivity index (χ3v) is 5.97. The molecule has 150 valence electrons. The van der Waals surface area contributed by atoms with Gasteiger partial charge in [0.25, 0.3) is 5.56 Å². The van der Waals surface area contributed by atoms with E-state index in [-0.39, 0.29) is 17.6 Å². The van der Waals surface area contributed by atoms with Gasteiger partial charge in [-0.15, -0.1) is 0 Å². The average molecular weight is 391 g/mol. The lowest BCUT2D eigenvalue weighted by Gasteiger charge is -2.30. The van der Waals surface area contributed by atoms with Gasteiger partial charge in [-0.3, -0.25) is 9.69 Å². The molecule has 2 aliphatic rings. The first-order valence-electron chi connectivity index (χ1n) is 10.3. The zero-order valence-electron chi connectivity index (χ0n) is 16.6. The maximum Gasteiger partial charge on any atom is 0.258 e. The van der Waals surface area contributed by atoms with E-state index in [4.69, 9.17) is 14.5 Å². The van der Waals surface area contributed by atoms with Gasteiger partial charge in [-0.05, 0) is 56.1 Å². The van der Waals surface area contributed by atoms with E-state index >= 15 is 0 Å². The number of hydrogen-bond acceptors (Lipinski definition) is 5. The molecule has 1 fully saturated rings. The molecule has 0 unspecified atom stereocenters. The number of benzene rings is 2. The van der Waals surface area contributed by atoms with Crippen molar-refractivity contribution < 1.29 is 9.47 Å². The minimum absolute atomic E-state index is 0.00999. The molecule has 29 heavy (non-hydrogen) atoms. The lowest BCUT2D eigenvalue weighted by molar-refractivity contribution is 0.186. The van der Waals surface area contributed by atoms with Crippen molar-refractivity contribution in [2.24, 2.45) is 0 Å². The smallest absolute Gasteiger partial charge is 0.258 e. The van der Waals surface area contributed by atoms with Crippen LogP contribution in [-0.2, 0) is 0 Å². The van der Waals surface area contributed by atoms with Crippen molar-refractivity contribution in [1.29, 1.82) is 0 Å². The first kappa shape index (κ1) is 18.2. The molecular weight excluding hydrogens is 366 g/mol. The Balaban J connectivity index is 1.46. The standard InChI is InChI=1S/C23H25N3O3/c1-15(22-24-18-7-3-2-6-17(18)23(27)25-22)26-11-4-8-19(26)16-9-10-20-21(14-16)29-13-5-12-28-20/h2-3,6-7,9-10,14-15,19H,4-5,8,11-13H2,1H3,(H,24,25,27)/t15-,19+/m1/s1. The number of aromatic amines is 1. The first-order chi connectivity index (χ1) is 14.2. The SMILES string of the molecule is C[C@H](c1nc2ccccc2c(=O)[nH]1)N1CCC[C@H]1c1ccc2c(c1)OCCCO2. The molecule has 6 nitrogen and oxygen atoms in total. The second kappa shape index (κ2) is 7.52. The van der Waals surface area contributed by atoms with Gasteiger partial charge >= 0.3 is 0 Å². The molecule has 0 radical (unpaired) electrons. The van der Waals surface area contributed by atoms with Crippen LogP contribution in [0.25, 0.3) is 10.9 Å². The highest BCUT2D eigenvalue weighted by atomic mass is 16.5. The summed E-state index contributed by atoms with van der Waals surface area (Å²) in [6.07, 6.45) is 3.08. The summed E-state index contributed by atoms with van der Waals surface area (Å²) in [5.41, 5.74) is 1.88. The summed E-state index contributed by atoms with van der Waals surface area (Å²) in [5.74, 6) is 2.37. The summed E-state index contributed by atoms with van der Waals surface area (Å²) in [5, 5.41) is 0.629. The van der Waals surface area contributed by atoms with E-state index in [1.165, 1.54) is 5.56 Å². The van der Waals surface area contributed by atoms with Crippen molar-refractivity contribution in [1.82, 2.24) is 14.9 Å². The Morgan fingerprint density at radius 3 is 2.83 bits per heavy atom. The number of aromatic nitrogens is 2. The zero-order chi connectivity index (χ0) is 19.8. The van der Waals surface area contributed by atoms with Gasteiger partial charge in [-0.25, -0.2) is 4.98 Å². The van der Waals surface area contributed by atoms with Crippen LogP contribution in [0.5, 0.6) is 11.5 Å². The molecule has 3 heterocycles. The Bertz CT molecular complexity index is 1090. The molecule has 0 saturated carbocycles. The van der Waals surface area contributed by atoms with E-state index in [9.17, 15) is 4.79 Å². The predicted molar refractivity (Wildman–Crippen MR) is 112 cm³/mol. The van der Waals surface area contributed by atoms with Crippen LogP contribution < -0.4 is 15.0 Å². The molecule has 1 aromatic heterocycles. The topological polar surface area (TPSA) is 67.5 Å². The molecule has 1 N–H and O–H groups in total. The summed E-state index contributed by atoms with van der Waals surface area (Å²) in [7, 11) is 0. The van der Waals surface area contributed by atoms with Crippen LogP contribution in [0.4, 0.5) is 0 Å². The molecule has 0 amide bonds. The van der Waals surface area contributed by atoms with Crippen LogP contribution in [0.1, 0.15) is 49.7 Å². The number of fused-ring (bicyclic) bond motifs is 2. The second-order valence-electron chi connectivity index (χ2n) is 7.80. The highest BCUT2D eigenvalue weighted by Gasteiger charge is 2.32. The molecule has 2 atom stereocenters. The maximum atomic E-state index is 12.5. The van der Waals surface area contributed by atoms with Crippen LogP contribution in [0.3, 0.4) is 0 Å². The molecule has 0 aliphatic carbocycles. The molecule has 2 aromatic carbocycles. The third kappa shape index (κ3) is 3.38. The maximum absolute atomic E-state index is 12.5. The van der Waals surface area contributed by atoms with Crippen LogP contribution in [0.2, 0.25) is 0 Å². The van der Waals surface area contributed by atoms with E-state index in [1.807, 2.05) is 30.3 Å². The van der Waals surface area contributed by atoms with Crippen molar-refractivity contribution in [3.05, 3.63) is 64.2 Å². The third-order valence-electron chi connectivity index (χ3n) is 5.97. The molecule has 2 aliphatic heterocycles. The summed E-state index contributed by atoms with van der Waals surface area (Å²) in [6.45, 7) is 4.47. The van der Waals surface area contributed by atoms with E-state index < -0.39 is 0 Å². The number of likely N-dealkylation sites (tertiary alicyclic amines) is 1. The minimum atomic E-state index is -0.0798. The number of hydrogen-bond donors (Lipinski definition) is 1. The van der Waals surface area contributed by atoms with Gasteiger partial charge in [0, 0.05) is 12.5 Å². The van der Waals surface area contributed by atoms with Crippen molar-refractivity contribution in [3.63, 3.8) is 0 Å². The molecule has 5 rings (SSSR count). The molecule has 3 aromatic rings. The minimum Gasteiger partial charge on any atom is -0.490 e. The fourth-order valence-electron chi connectivity index (χ4n) is 4.46. The largest absolute Gasteiger partial charge is 0.490 e. The van der Waals surface area contributed by atoms with Crippen LogP contribution in [-0.4, -0.2) is 34.6 Å². The number of nitrogens with one attached hydrogen (secondary N) is 1. The molecule has 6 heteroatoms. The summed E-state index contributed by atoms with van der Waals surface area (Å²) < 4.78 is 11.7. The quantitative estimate of drug-likeness (QED) is 0.731. The van der Waals surface area contributed by atoms with Gasteiger partial charge in [0.2, 0.25) is 0 Å².